The Morgan fingerprint density at radius 3 is 2.40 bits per heavy atom. The highest BCUT2D eigenvalue weighted by Gasteiger charge is 2.31. The lowest BCUT2D eigenvalue weighted by molar-refractivity contribution is -0.141. The van der Waals surface area contributed by atoms with Gasteiger partial charge in [0, 0.05) is 9.85 Å². The molecule has 0 amide bonds. The van der Waals surface area contributed by atoms with Gasteiger partial charge in [-0.2, -0.15) is 0 Å². The number of carboxylic acid groups (broad SMARTS) is 1. The minimum atomic E-state index is -1.06. The van der Waals surface area contributed by atoms with Gasteiger partial charge in [-0.15, -0.1) is 11.3 Å². The van der Waals surface area contributed by atoms with E-state index >= 15 is 0 Å². The van der Waals surface area contributed by atoms with Crippen molar-refractivity contribution in [3.63, 3.8) is 0 Å². The summed E-state index contributed by atoms with van der Waals surface area (Å²) in [7, 11) is 0. The third-order valence-electron chi connectivity index (χ3n) is 2.03. The van der Waals surface area contributed by atoms with Gasteiger partial charge in [0.15, 0.2) is 5.78 Å². The lowest BCUT2D eigenvalue weighted by Gasteiger charge is -2.13. The number of rotatable bonds is 4. The quantitative estimate of drug-likeness (QED) is 0.685. The highest BCUT2D eigenvalue weighted by atomic mass is 79.9. The molecule has 5 heteroatoms. The number of thiophene rings is 1. The number of hydrogen-bond donors (Lipinski definition) is 1. The van der Waals surface area contributed by atoms with Crippen molar-refractivity contribution in [1.82, 2.24) is 0 Å². The second-order valence-electron chi connectivity index (χ2n) is 3.55. The Bertz CT molecular complexity index is 384. The van der Waals surface area contributed by atoms with Gasteiger partial charge >= 0.3 is 5.97 Å². The summed E-state index contributed by atoms with van der Waals surface area (Å²) in [5, 5.41) is 10.7. The van der Waals surface area contributed by atoms with Crippen molar-refractivity contribution in [3.8, 4) is 0 Å². The van der Waals surface area contributed by atoms with Crippen LogP contribution in [0.1, 0.15) is 23.5 Å². The average molecular weight is 291 g/mol. The molecule has 0 aliphatic carbocycles. The van der Waals surface area contributed by atoms with E-state index in [1.807, 2.05) is 0 Å². The third-order valence-corrected chi connectivity index (χ3v) is 3.73. The predicted octanol–water partition coefficient (Wildman–Crippen LogP) is 3.05. The molecular weight excluding hydrogens is 280 g/mol. The molecule has 3 nitrogen and oxygen atoms in total. The third kappa shape index (κ3) is 2.89. The van der Waals surface area contributed by atoms with Crippen molar-refractivity contribution in [1.29, 1.82) is 0 Å². The summed E-state index contributed by atoms with van der Waals surface area (Å²) in [5.41, 5.74) is 0. The summed E-state index contributed by atoms with van der Waals surface area (Å²) in [6.07, 6.45) is 0. The van der Waals surface area contributed by atoms with Gasteiger partial charge in [0.2, 0.25) is 0 Å². The van der Waals surface area contributed by atoms with Crippen LogP contribution in [0.25, 0.3) is 0 Å². The molecule has 82 valence electrons. The van der Waals surface area contributed by atoms with Gasteiger partial charge in [-0.1, -0.05) is 13.8 Å². The maximum absolute atomic E-state index is 11.8. The summed E-state index contributed by atoms with van der Waals surface area (Å²) in [4.78, 5) is 23.3. The molecule has 0 spiro atoms. The first-order valence-electron chi connectivity index (χ1n) is 4.44. The normalized spacial score (nSPS) is 12.8. The number of Topliss-reactive ketones (excluding diaryl/α,β-unsaturated/α-hetero) is 1. The van der Waals surface area contributed by atoms with E-state index in [1.54, 1.807) is 25.3 Å². The summed E-state index contributed by atoms with van der Waals surface area (Å²) in [5.74, 6) is -2.51. The van der Waals surface area contributed by atoms with Crippen LogP contribution in [-0.2, 0) is 4.79 Å². The number of halogens is 1. The Labute approximate surface area is 100 Å². The van der Waals surface area contributed by atoms with Crippen LogP contribution < -0.4 is 0 Å². The highest BCUT2D eigenvalue weighted by molar-refractivity contribution is 9.10. The zero-order chi connectivity index (χ0) is 11.6. The average Bonchev–Trinajstić information content (AvgIpc) is 2.50. The standard InChI is InChI=1S/C10H11BrO3S/c1-5(2)8(10(13)14)9(12)7-3-6(11)4-15-7/h3-5,8H,1-2H3,(H,13,14). The molecule has 1 atom stereocenters. The number of carbonyl (C=O) groups is 2. The van der Waals surface area contributed by atoms with Crippen LogP contribution in [0, 0.1) is 11.8 Å². The zero-order valence-corrected chi connectivity index (χ0v) is 10.8. The SMILES string of the molecule is CC(C)C(C(=O)O)C(=O)c1cc(Br)cs1. The minimum absolute atomic E-state index is 0.198. The van der Waals surface area contributed by atoms with Gasteiger partial charge in [-0.05, 0) is 27.9 Å². The van der Waals surface area contributed by atoms with Crippen molar-refractivity contribution in [2.75, 3.05) is 0 Å². The van der Waals surface area contributed by atoms with Gasteiger partial charge < -0.3 is 5.11 Å². The fraction of sp³-hybridized carbons (Fsp3) is 0.400. The Balaban J connectivity index is 2.96. The summed E-state index contributed by atoms with van der Waals surface area (Å²) >= 11 is 4.50. The molecule has 0 saturated heterocycles. The maximum atomic E-state index is 11.8. The number of hydrogen-bond acceptors (Lipinski definition) is 3. The molecule has 15 heavy (non-hydrogen) atoms. The van der Waals surface area contributed by atoms with E-state index in [-0.39, 0.29) is 11.7 Å². The molecule has 0 radical (unpaired) electrons. The van der Waals surface area contributed by atoms with Gasteiger partial charge in [0.05, 0.1) is 4.88 Å². The van der Waals surface area contributed by atoms with Crippen LogP contribution in [0.15, 0.2) is 15.9 Å². The van der Waals surface area contributed by atoms with Crippen LogP contribution in [0.2, 0.25) is 0 Å². The second kappa shape index (κ2) is 4.90. The number of ketones is 1. The Kier molecular flexibility index (Phi) is 4.04. The lowest BCUT2D eigenvalue weighted by atomic mass is 9.91. The molecule has 0 bridgehead atoms. The van der Waals surface area contributed by atoms with E-state index in [0.29, 0.717) is 4.88 Å². The molecule has 1 aromatic heterocycles. The van der Waals surface area contributed by atoms with Crippen molar-refractivity contribution < 1.29 is 14.7 Å². The van der Waals surface area contributed by atoms with E-state index in [0.717, 1.165) is 4.47 Å². The first kappa shape index (κ1) is 12.4. The van der Waals surface area contributed by atoms with Crippen LogP contribution in [0.3, 0.4) is 0 Å². The maximum Gasteiger partial charge on any atom is 0.314 e. The van der Waals surface area contributed by atoms with Crippen molar-refractivity contribution in [2.45, 2.75) is 13.8 Å². The topological polar surface area (TPSA) is 54.4 Å². The van der Waals surface area contributed by atoms with Crippen LogP contribution >= 0.6 is 27.3 Å². The lowest BCUT2D eigenvalue weighted by Crippen LogP contribution is -2.28. The van der Waals surface area contributed by atoms with Crippen molar-refractivity contribution in [3.05, 3.63) is 20.8 Å². The summed E-state index contributed by atoms with van der Waals surface area (Å²) < 4.78 is 0.809. The van der Waals surface area contributed by atoms with Crippen LogP contribution in [0.4, 0.5) is 0 Å². The number of aliphatic carboxylic acids is 1. The second-order valence-corrected chi connectivity index (χ2v) is 5.38. The van der Waals surface area contributed by atoms with Crippen LogP contribution in [0.5, 0.6) is 0 Å². The predicted molar refractivity (Wildman–Crippen MR) is 62.3 cm³/mol. The molecule has 0 fully saturated rings. The van der Waals surface area contributed by atoms with Crippen molar-refractivity contribution in [2.24, 2.45) is 11.8 Å². The smallest absolute Gasteiger partial charge is 0.314 e. The monoisotopic (exact) mass is 290 g/mol. The molecule has 0 aliphatic heterocycles. The van der Waals surface area contributed by atoms with Crippen LogP contribution in [-0.4, -0.2) is 16.9 Å². The van der Waals surface area contributed by atoms with Gasteiger partial charge in [-0.3, -0.25) is 9.59 Å². The highest BCUT2D eigenvalue weighted by Crippen LogP contribution is 2.25. The fourth-order valence-corrected chi connectivity index (χ4v) is 2.70. The van der Waals surface area contributed by atoms with E-state index in [2.05, 4.69) is 15.9 Å². The molecule has 1 rings (SSSR count). The number of carbonyl (C=O) groups excluding carboxylic acids is 1. The van der Waals surface area contributed by atoms with Gasteiger partial charge in [0.1, 0.15) is 5.92 Å². The zero-order valence-electron chi connectivity index (χ0n) is 8.36. The molecular formula is C10H11BrO3S. The van der Waals surface area contributed by atoms with E-state index in [1.165, 1.54) is 11.3 Å². The van der Waals surface area contributed by atoms with E-state index in [4.69, 9.17) is 5.11 Å². The molecule has 0 saturated carbocycles. The minimum Gasteiger partial charge on any atom is -0.481 e. The Morgan fingerprint density at radius 1 is 1.47 bits per heavy atom. The van der Waals surface area contributed by atoms with Gasteiger partial charge in [-0.25, -0.2) is 0 Å². The van der Waals surface area contributed by atoms with Gasteiger partial charge in [0.25, 0.3) is 0 Å². The molecule has 1 unspecified atom stereocenters. The molecule has 0 aliphatic rings. The first-order chi connectivity index (χ1) is 6.93. The molecule has 1 heterocycles. The summed E-state index contributed by atoms with van der Waals surface area (Å²) in [6.45, 7) is 3.47. The molecule has 1 aromatic rings. The van der Waals surface area contributed by atoms with E-state index in [9.17, 15) is 9.59 Å². The Hall–Kier alpha value is -0.680. The van der Waals surface area contributed by atoms with E-state index < -0.39 is 11.9 Å². The molecule has 1 N–H and O–H groups in total. The Morgan fingerprint density at radius 2 is 2.07 bits per heavy atom. The largest absolute Gasteiger partial charge is 0.481 e. The fourth-order valence-electron chi connectivity index (χ4n) is 1.30. The first-order valence-corrected chi connectivity index (χ1v) is 6.11. The molecule has 0 aromatic carbocycles. The summed E-state index contributed by atoms with van der Waals surface area (Å²) in [6, 6.07) is 1.66. The number of carboxylic acids is 1. The van der Waals surface area contributed by atoms with Crippen molar-refractivity contribution >= 4 is 39.0 Å².